The lowest BCUT2D eigenvalue weighted by atomic mass is 9.97. The van der Waals surface area contributed by atoms with Crippen molar-refractivity contribution >= 4 is 55.0 Å². The molecule has 5 aromatic rings. The van der Waals surface area contributed by atoms with Gasteiger partial charge < -0.3 is 29.1 Å². The van der Waals surface area contributed by atoms with Crippen LogP contribution >= 0.6 is 0 Å². The molecule has 2 aliphatic heterocycles. The highest BCUT2D eigenvalue weighted by Crippen LogP contribution is 2.39. The Balaban J connectivity index is 1.48. The van der Waals surface area contributed by atoms with Crippen LogP contribution in [0.5, 0.6) is 11.5 Å². The summed E-state index contributed by atoms with van der Waals surface area (Å²) in [5.41, 5.74) is 5.96. The molecule has 0 unspecified atom stereocenters. The molecule has 0 atom stereocenters. The zero-order valence-electron chi connectivity index (χ0n) is 23.8. The van der Waals surface area contributed by atoms with Crippen LogP contribution in [0.2, 0.25) is 0 Å². The van der Waals surface area contributed by atoms with Gasteiger partial charge in [0, 0.05) is 86.6 Å². The fourth-order valence-electron chi connectivity index (χ4n) is 6.20. The van der Waals surface area contributed by atoms with Crippen molar-refractivity contribution in [3.8, 4) is 11.5 Å². The highest BCUT2D eigenvalue weighted by atomic mass is 16.5. The number of benzene rings is 4. The van der Waals surface area contributed by atoms with E-state index in [1.165, 1.54) is 22.1 Å². The van der Waals surface area contributed by atoms with Crippen molar-refractivity contribution in [2.45, 2.75) is 0 Å². The first kappa shape index (κ1) is 25.1. The van der Waals surface area contributed by atoms with E-state index < -0.39 is 0 Å². The Kier molecular flexibility index (Phi) is 6.24. The summed E-state index contributed by atoms with van der Waals surface area (Å²) in [5.74, 6) is 1.31. The van der Waals surface area contributed by atoms with Gasteiger partial charge >= 0.3 is 0 Å². The first-order valence-electron chi connectivity index (χ1n) is 14.1. The molecule has 0 aliphatic carbocycles. The van der Waals surface area contributed by atoms with Crippen molar-refractivity contribution in [2.75, 3.05) is 90.5 Å². The van der Waals surface area contributed by atoms with E-state index in [0.717, 1.165) is 85.2 Å². The van der Waals surface area contributed by atoms with Crippen LogP contribution < -0.4 is 19.3 Å². The second-order valence-corrected chi connectivity index (χ2v) is 11.2. The number of anilines is 2. The van der Waals surface area contributed by atoms with Crippen LogP contribution in [0.3, 0.4) is 0 Å². The number of nitrogens with zero attached hydrogens (tertiary/aromatic N) is 6. The molecule has 8 nitrogen and oxygen atoms in total. The quantitative estimate of drug-likeness (QED) is 0.244. The molecular weight excluding hydrogens is 500 g/mol. The average molecular weight is 537 g/mol. The highest BCUT2D eigenvalue weighted by Gasteiger charge is 2.20. The molecule has 8 heteroatoms. The highest BCUT2D eigenvalue weighted by molar-refractivity contribution is 6.24. The van der Waals surface area contributed by atoms with Gasteiger partial charge in [0.2, 0.25) is 0 Å². The van der Waals surface area contributed by atoms with Crippen molar-refractivity contribution in [3.05, 3.63) is 48.5 Å². The Morgan fingerprint density at radius 3 is 1.30 bits per heavy atom. The Labute approximate surface area is 234 Å². The number of fused-ring (bicyclic) bond motifs is 7. The lowest BCUT2D eigenvalue weighted by Gasteiger charge is -2.34. The van der Waals surface area contributed by atoms with Gasteiger partial charge in [-0.05, 0) is 49.1 Å². The largest absolute Gasteiger partial charge is 0.493 e. The number of rotatable bonds is 4. The maximum absolute atomic E-state index is 5.57. The Morgan fingerprint density at radius 2 is 0.925 bits per heavy atom. The number of aromatic nitrogens is 2. The molecule has 2 fully saturated rings. The van der Waals surface area contributed by atoms with E-state index in [1.54, 1.807) is 14.2 Å². The van der Waals surface area contributed by atoms with Crippen molar-refractivity contribution in [3.63, 3.8) is 0 Å². The summed E-state index contributed by atoms with van der Waals surface area (Å²) in [4.78, 5) is 20.2. The van der Waals surface area contributed by atoms with Gasteiger partial charge in [-0.25, -0.2) is 9.97 Å². The van der Waals surface area contributed by atoms with Crippen LogP contribution in [0.1, 0.15) is 0 Å². The zero-order chi connectivity index (χ0) is 27.4. The minimum Gasteiger partial charge on any atom is -0.493 e. The second kappa shape index (κ2) is 9.94. The van der Waals surface area contributed by atoms with Crippen LogP contribution in [0, 0.1) is 0 Å². The molecular formula is C32H36N6O2. The number of ether oxygens (including phenoxy) is 2. The van der Waals surface area contributed by atoms with E-state index >= 15 is 0 Å². The molecule has 1 aromatic heterocycles. The second-order valence-electron chi connectivity index (χ2n) is 11.2. The molecule has 4 aromatic carbocycles. The van der Waals surface area contributed by atoms with E-state index in [2.05, 4.69) is 70.1 Å². The SMILES string of the molecule is COc1cc2nc3c4ccc(N5CCN(C)CC5)cc4c4cc(N5CCN(C)CC5)ccc4c3nc2cc1OC. The summed E-state index contributed by atoms with van der Waals surface area (Å²) in [5, 5.41) is 4.70. The Hall–Kier alpha value is -3.88. The molecule has 0 radical (unpaired) electrons. The summed E-state index contributed by atoms with van der Waals surface area (Å²) in [6.07, 6.45) is 0. The predicted octanol–water partition coefficient (Wildman–Crippen LogP) is 4.61. The normalized spacial score (nSPS) is 17.4. The standard InChI is InChI=1S/C32H36N6O2/c1-35-9-13-37(14-10-35)21-5-7-23-25(17-21)26-18-22(38-15-11-36(2)12-16-38)6-8-24(26)32-31(23)33-27-19-29(39-3)30(40-4)20-28(27)34-32/h5-8,17-20H,9-16H2,1-4H3. The third-order valence-electron chi connectivity index (χ3n) is 8.71. The number of hydrogen-bond acceptors (Lipinski definition) is 8. The van der Waals surface area contributed by atoms with Gasteiger partial charge in [-0.2, -0.15) is 0 Å². The summed E-state index contributed by atoms with van der Waals surface area (Å²) < 4.78 is 11.1. The summed E-state index contributed by atoms with van der Waals surface area (Å²) in [7, 11) is 7.70. The molecule has 3 heterocycles. The number of hydrogen-bond donors (Lipinski definition) is 0. The van der Waals surface area contributed by atoms with E-state index in [9.17, 15) is 0 Å². The fraction of sp³-hybridized carbons (Fsp3) is 0.375. The lowest BCUT2D eigenvalue weighted by molar-refractivity contribution is 0.313. The smallest absolute Gasteiger partial charge is 0.163 e. The monoisotopic (exact) mass is 536 g/mol. The van der Waals surface area contributed by atoms with Gasteiger partial charge in [-0.3, -0.25) is 0 Å². The molecule has 0 spiro atoms. The minimum absolute atomic E-state index is 0.655. The lowest BCUT2D eigenvalue weighted by Crippen LogP contribution is -2.44. The molecule has 2 saturated heterocycles. The van der Waals surface area contributed by atoms with Gasteiger partial charge in [0.25, 0.3) is 0 Å². The molecule has 0 amide bonds. The van der Waals surface area contributed by atoms with E-state index in [0.29, 0.717) is 11.5 Å². The van der Waals surface area contributed by atoms with Crippen LogP contribution in [-0.4, -0.2) is 100 Å². The summed E-state index contributed by atoms with van der Waals surface area (Å²) >= 11 is 0. The first-order valence-corrected chi connectivity index (χ1v) is 14.1. The fourth-order valence-corrected chi connectivity index (χ4v) is 6.20. The summed E-state index contributed by atoms with van der Waals surface area (Å²) in [6, 6.07) is 17.6. The Bertz CT molecular complexity index is 1610. The molecule has 2 aliphatic rings. The number of likely N-dealkylation sites (N-methyl/N-ethyl adjacent to an activating group) is 2. The average Bonchev–Trinajstić information content (AvgIpc) is 3.00. The molecule has 0 bridgehead atoms. The number of methoxy groups -OCH3 is 2. The van der Waals surface area contributed by atoms with Crippen LogP contribution in [0.4, 0.5) is 11.4 Å². The van der Waals surface area contributed by atoms with E-state index in [4.69, 9.17) is 19.4 Å². The van der Waals surface area contributed by atoms with Crippen LogP contribution in [0.25, 0.3) is 43.6 Å². The molecule has 7 rings (SSSR count). The van der Waals surface area contributed by atoms with Crippen LogP contribution in [0.15, 0.2) is 48.5 Å². The first-order chi connectivity index (χ1) is 19.5. The summed E-state index contributed by atoms with van der Waals surface area (Å²) in [6.45, 7) is 8.44. The van der Waals surface area contributed by atoms with Gasteiger partial charge in [0.05, 0.1) is 36.3 Å². The van der Waals surface area contributed by atoms with Gasteiger partial charge in [-0.1, -0.05) is 12.1 Å². The van der Waals surface area contributed by atoms with Crippen molar-refractivity contribution in [2.24, 2.45) is 0 Å². The minimum atomic E-state index is 0.655. The third kappa shape index (κ3) is 4.22. The Morgan fingerprint density at radius 1 is 0.525 bits per heavy atom. The molecule has 206 valence electrons. The van der Waals surface area contributed by atoms with E-state index in [-0.39, 0.29) is 0 Å². The van der Waals surface area contributed by atoms with E-state index in [1.807, 2.05) is 12.1 Å². The molecule has 40 heavy (non-hydrogen) atoms. The predicted molar refractivity (Wildman–Crippen MR) is 165 cm³/mol. The van der Waals surface area contributed by atoms with Gasteiger partial charge in [-0.15, -0.1) is 0 Å². The zero-order valence-corrected chi connectivity index (χ0v) is 23.8. The molecule has 0 saturated carbocycles. The van der Waals surface area contributed by atoms with Crippen molar-refractivity contribution in [1.82, 2.24) is 19.8 Å². The maximum Gasteiger partial charge on any atom is 0.163 e. The van der Waals surface area contributed by atoms with Crippen molar-refractivity contribution in [1.29, 1.82) is 0 Å². The van der Waals surface area contributed by atoms with Crippen molar-refractivity contribution < 1.29 is 9.47 Å². The van der Waals surface area contributed by atoms with Gasteiger partial charge in [0.1, 0.15) is 0 Å². The molecule has 0 N–H and O–H groups in total. The topological polar surface area (TPSA) is 57.2 Å². The van der Waals surface area contributed by atoms with Crippen LogP contribution in [-0.2, 0) is 0 Å². The van der Waals surface area contributed by atoms with Gasteiger partial charge in [0.15, 0.2) is 11.5 Å². The maximum atomic E-state index is 5.57. The number of piperazine rings is 2. The third-order valence-corrected chi connectivity index (χ3v) is 8.71.